The molecule has 4 nitrogen and oxygen atoms in total. The molecule has 1 aromatic heterocycles. The van der Waals surface area contributed by atoms with Crippen molar-refractivity contribution in [1.29, 1.82) is 0 Å². The van der Waals surface area contributed by atoms with Crippen LogP contribution in [0.1, 0.15) is 29.0 Å². The van der Waals surface area contributed by atoms with Gasteiger partial charge in [-0.2, -0.15) is 0 Å². The molecule has 38 heavy (non-hydrogen) atoms. The first kappa shape index (κ1) is 22.8. The van der Waals surface area contributed by atoms with Crippen molar-refractivity contribution in [3.05, 3.63) is 143 Å². The fraction of sp³-hybridized carbons (Fsp3) is 0.0606. The van der Waals surface area contributed by atoms with E-state index >= 15 is 0 Å². The second kappa shape index (κ2) is 9.49. The molecule has 5 heteroatoms. The van der Waals surface area contributed by atoms with E-state index in [1.807, 2.05) is 48.5 Å². The number of furan rings is 1. The van der Waals surface area contributed by atoms with Crippen LogP contribution in [0.3, 0.4) is 0 Å². The molecule has 6 aromatic rings. The number of halogens is 1. The average molecular weight is 514 g/mol. The number of aliphatic imine (C=N–C) groups is 1. The van der Waals surface area contributed by atoms with Crippen LogP contribution in [0.4, 0.5) is 0 Å². The first-order chi connectivity index (χ1) is 18.7. The molecule has 2 atom stereocenters. The summed E-state index contributed by atoms with van der Waals surface area (Å²) in [7, 11) is 0. The van der Waals surface area contributed by atoms with Gasteiger partial charge in [0.15, 0.2) is 5.58 Å². The van der Waals surface area contributed by atoms with E-state index in [1.165, 1.54) is 11.1 Å². The van der Waals surface area contributed by atoms with Crippen LogP contribution < -0.4 is 10.6 Å². The number of para-hydroxylation sites is 1. The zero-order valence-electron chi connectivity index (χ0n) is 20.4. The van der Waals surface area contributed by atoms with Crippen molar-refractivity contribution in [3.8, 4) is 11.1 Å². The summed E-state index contributed by atoms with van der Waals surface area (Å²) in [5.41, 5.74) is 7.06. The Morgan fingerprint density at radius 1 is 0.658 bits per heavy atom. The van der Waals surface area contributed by atoms with Crippen molar-refractivity contribution in [2.45, 2.75) is 12.3 Å². The van der Waals surface area contributed by atoms with Gasteiger partial charge in [-0.05, 0) is 28.8 Å². The van der Waals surface area contributed by atoms with Crippen LogP contribution in [-0.2, 0) is 0 Å². The van der Waals surface area contributed by atoms with Gasteiger partial charge in [0.1, 0.15) is 23.8 Å². The van der Waals surface area contributed by atoms with Crippen LogP contribution in [-0.4, -0.2) is 5.84 Å². The molecule has 0 fully saturated rings. The molecule has 0 saturated heterocycles. The molecule has 5 aromatic carbocycles. The molecular weight excluding hydrogens is 490 g/mol. The maximum absolute atomic E-state index is 6.60. The highest BCUT2D eigenvalue weighted by atomic mass is 35.5. The largest absolute Gasteiger partial charge is 0.454 e. The second-order valence-electron chi connectivity index (χ2n) is 9.42. The number of amidine groups is 1. The van der Waals surface area contributed by atoms with Crippen molar-refractivity contribution in [2.75, 3.05) is 0 Å². The predicted molar refractivity (Wildman–Crippen MR) is 155 cm³/mol. The number of hydrogen-bond donors (Lipinski definition) is 2. The van der Waals surface area contributed by atoms with Crippen LogP contribution >= 0.6 is 11.6 Å². The monoisotopic (exact) mass is 513 g/mol. The predicted octanol–water partition coefficient (Wildman–Crippen LogP) is 8.24. The summed E-state index contributed by atoms with van der Waals surface area (Å²) >= 11 is 6.60. The number of hydrogen-bond acceptors (Lipinski definition) is 4. The van der Waals surface area contributed by atoms with Crippen molar-refractivity contribution >= 4 is 39.4 Å². The average Bonchev–Trinajstić information content (AvgIpc) is 3.39. The minimum Gasteiger partial charge on any atom is -0.454 e. The Morgan fingerprint density at radius 2 is 1.32 bits per heavy atom. The highest BCUT2D eigenvalue weighted by Gasteiger charge is 2.28. The molecule has 7 rings (SSSR count). The van der Waals surface area contributed by atoms with Crippen molar-refractivity contribution < 1.29 is 4.42 Å². The summed E-state index contributed by atoms with van der Waals surface area (Å²) in [5.74, 6) is 0.832. The molecule has 1 aliphatic heterocycles. The third kappa shape index (κ3) is 4.04. The van der Waals surface area contributed by atoms with Crippen LogP contribution in [0.5, 0.6) is 0 Å². The van der Waals surface area contributed by atoms with Crippen LogP contribution in [0, 0.1) is 0 Å². The number of fused-ring (bicyclic) bond motifs is 3. The minimum absolute atomic E-state index is 0.220. The SMILES string of the molecule is Clc1ccc(C2NC(c3ccc(-c4ccccc4)cc3)=NC(c3ccccc3)N2)c2c1oc1ccccc12. The Kier molecular flexibility index (Phi) is 5.69. The molecule has 2 N–H and O–H groups in total. The van der Waals surface area contributed by atoms with E-state index in [9.17, 15) is 0 Å². The fourth-order valence-electron chi connectivity index (χ4n) is 5.19. The standard InChI is InChI=1S/C33H24ClN3O/c34-27-20-19-26(29-25-13-7-8-14-28(25)38-30(27)29)33-36-31(23-11-5-2-6-12-23)35-32(37-33)24-17-15-22(16-18-24)21-9-3-1-4-10-21/h1-20,31,33,36H,(H,35,37). The molecule has 0 spiro atoms. The van der Waals surface area contributed by atoms with Crippen molar-refractivity contribution in [2.24, 2.45) is 4.99 Å². The molecule has 0 bridgehead atoms. The summed E-state index contributed by atoms with van der Waals surface area (Å²) in [6, 6.07) is 41.3. The lowest BCUT2D eigenvalue weighted by Crippen LogP contribution is -2.45. The van der Waals surface area contributed by atoms with E-state index in [1.54, 1.807) is 0 Å². The lowest BCUT2D eigenvalue weighted by Gasteiger charge is -2.32. The van der Waals surface area contributed by atoms with Crippen molar-refractivity contribution in [3.63, 3.8) is 0 Å². The van der Waals surface area contributed by atoms with Crippen molar-refractivity contribution in [1.82, 2.24) is 10.6 Å². The van der Waals surface area contributed by atoms with Gasteiger partial charge >= 0.3 is 0 Å². The summed E-state index contributed by atoms with van der Waals surface area (Å²) in [6.07, 6.45) is -0.447. The number of rotatable bonds is 4. The molecule has 1 aliphatic rings. The van der Waals surface area contributed by atoms with E-state index in [0.717, 1.165) is 38.9 Å². The van der Waals surface area contributed by atoms with Crippen LogP contribution in [0.15, 0.2) is 131 Å². The minimum atomic E-state index is -0.227. The quantitative estimate of drug-likeness (QED) is 0.249. The highest BCUT2D eigenvalue weighted by Crippen LogP contribution is 2.38. The second-order valence-corrected chi connectivity index (χ2v) is 9.82. The number of nitrogens with one attached hydrogen (secondary N) is 2. The molecule has 0 amide bonds. The zero-order valence-corrected chi connectivity index (χ0v) is 21.2. The normalized spacial score (nSPS) is 17.3. The maximum atomic E-state index is 6.60. The van der Waals surface area contributed by atoms with Crippen LogP contribution in [0.25, 0.3) is 33.1 Å². The Bertz CT molecular complexity index is 1780. The Morgan fingerprint density at radius 3 is 2.11 bits per heavy atom. The molecule has 2 heterocycles. The molecule has 2 unspecified atom stereocenters. The molecule has 184 valence electrons. The third-order valence-electron chi connectivity index (χ3n) is 7.07. The van der Waals surface area contributed by atoms with Gasteiger partial charge in [0, 0.05) is 21.9 Å². The first-order valence-electron chi connectivity index (χ1n) is 12.7. The molecule has 0 radical (unpaired) electrons. The van der Waals surface area contributed by atoms with E-state index in [-0.39, 0.29) is 12.3 Å². The van der Waals surface area contributed by atoms with Gasteiger partial charge < -0.3 is 9.73 Å². The smallest absolute Gasteiger partial charge is 0.154 e. The van der Waals surface area contributed by atoms with Crippen LogP contribution in [0.2, 0.25) is 5.02 Å². The van der Waals surface area contributed by atoms with Gasteiger partial charge in [0.2, 0.25) is 0 Å². The number of benzene rings is 5. The molecular formula is C33H24ClN3O. The first-order valence-corrected chi connectivity index (χ1v) is 13.0. The Balaban J connectivity index is 1.33. The van der Waals surface area contributed by atoms with Gasteiger partial charge in [0.25, 0.3) is 0 Å². The van der Waals surface area contributed by atoms with Gasteiger partial charge in [0.05, 0.1) is 5.02 Å². The van der Waals surface area contributed by atoms with Gasteiger partial charge in [-0.3, -0.25) is 5.32 Å². The summed E-state index contributed by atoms with van der Waals surface area (Å²) in [6.45, 7) is 0. The lowest BCUT2D eigenvalue weighted by atomic mass is 10.0. The highest BCUT2D eigenvalue weighted by molar-refractivity contribution is 6.36. The van der Waals surface area contributed by atoms with E-state index in [0.29, 0.717) is 10.6 Å². The number of nitrogens with zero attached hydrogens (tertiary/aromatic N) is 1. The maximum Gasteiger partial charge on any atom is 0.154 e. The van der Waals surface area contributed by atoms with Gasteiger partial charge in [-0.15, -0.1) is 0 Å². The summed E-state index contributed by atoms with van der Waals surface area (Å²) in [4.78, 5) is 5.09. The summed E-state index contributed by atoms with van der Waals surface area (Å²) in [5, 5.41) is 10.0. The van der Waals surface area contributed by atoms with E-state index in [4.69, 9.17) is 21.0 Å². The van der Waals surface area contributed by atoms with Gasteiger partial charge in [-0.25, -0.2) is 4.99 Å². The van der Waals surface area contributed by atoms with E-state index in [2.05, 4.69) is 83.4 Å². The Labute approximate surface area is 225 Å². The molecule has 0 aliphatic carbocycles. The topological polar surface area (TPSA) is 49.6 Å². The zero-order chi connectivity index (χ0) is 25.5. The molecule has 0 saturated carbocycles. The Hall–Kier alpha value is -4.38. The fourth-order valence-corrected chi connectivity index (χ4v) is 5.38. The third-order valence-corrected chi connectivity index (χ3v) is 7.36. The lowest BCUT2D eigenvalue weighted by molar-refractivity contribution is 0.411. The van der Waals surface area contributed by atoms with E-state index < -0.39 is 0 Å². The summed E-state index contributed by atoms with van der Waals surface area (Å²) < 4.78 is 6.18. The van der Waals surface area contributed by atoms with Gasteiger partial charge in [-0.1, -0.05) is 121 Å².